The van der Waals surface area contributed by atoms with Crippen molar-refractivity contribution in [2.45, 2.75) is 0 Å². The Kier molecular flexibility index (Phi) is 4.33. The minimum atomic E-state index is -0.274. The van der Waals surface area contributed by atoms with E-state index in [2.05, 4.69) is 15.3 Å². The van der Waals surface area contributed by atoms with Gasteiger partial charge in [0, 0.05) is 28.6 Å². The summed E-state index contributed by atoms with van der Waals surface area (Å²) in [7, 11) is 1.59. The molecule has 0 bridgehead atoms. The Morgan fingerprint density at radius 3 is 2.77 bits per heavy atom. The molecule has 0 saturated heterocycles. The molecule has 0 aliphatic carbocycles. The number of carbonyl (C=O) groups is 1. The van der Waals surface area contributed by atoms with Crippen molar-refractivity contribution in [3.05, 3.63) is 71.9 Å². The van der Waals surface area contributed by atoms with Gasteiger partial charge in [0.05, 0.1) is 18.3 Å². The molecular weight excluding hydrogens is 346 g/mol. The maximum atomic E-state index is 12.7. The lowest BCUT2D eigenvalue weighted by atomic mass is 10.1. The number of carbonyl (C=O) groups excluding carboxylic acids is 1. The van der Waals surface area contributed by atoms with Gasteiger partial charge in [0.2, 0.25) is 0 Å². The molecule has 26 heavy (non-hydrogen) atoms. The fourth-order valence-electron chi connectivity index (χ4n) is 2.66. The third-order valence-electron chi connectivity index (χ3n) is 3.92. The van der Waals surface area contributed by atoms with E-state index in [9.17, 15) is 4.79 Å². The summed E-state index contributed by atoms with van der Waals surface area (Å²) in [5, 5.41) is 6.36. The number of benzene rings is 2. The van der Waals surface area contributed by atoms with Crippen LogP contribution in [0.15, 0.2) is 66.2 Å². The standard InChI is InChI=1S/C20H15N3O2S/c1-25-15-10-14-8-5-9-21-18(14)16(11-15)22-19(24)17-12-26-20(23-17)13-6-3-2-4-7-13/h2-12H,1H3,(H,22,24). The summed E-state index contributed by atoms with van der Waals surface area (Å²) in [6.45, 7) is 0. The molecule has 128 valence electrons. The number of hydrogen-bond donors (Lipinski definition) is 1. The van der Waals surface area contributed by atoms with E-state index in [1.54, 1.807) is 24.8 Å². The van der Waals surface area contributed by atoms with Crippen LogP contribution in [0, 0.1) is 0 Å². The molecule has 0 fully saturated rings. The number of nitrogens with one attached hydrogen (secondary N) is 1. The second-order valence-electron chi connectivity index (χ2n) is 5.61. The number of ether oxygens (including phenoxy) is 1. The zero-order valence-electron chi connectivity index (χ0n) is 14.0. The molecule has 0 spiro atoms. The number of pyridine rings is 1. The number of nitrogens with zero attached hydrogens (tertiary/aromatic N) is 2. The van der Waals surface area contributed by atoms with E-state index in [0.717, 1.165) is 16.0 Å². The molecule has 0 saturated carbocycles. The van der Waals surface area contributed by atoms with Crippen molar-refractivity contribution in [2.24, 2.45) is 0 Å². The summed E-state index contributed by atoms with van der Waals surface area (Å²) in [6, 6.07) is 17.2. The van der Waals surface area contributed by atoms with Crippen LogP contribution in [0.2, 0.25) is 0 Å². The van der Waals surface area contributed by atoms with Gasteiger partial charge in [-0.25, -0.2) is 4.98 Å². The van der Waals surface area contributed by atoms with E-state index in [-0.39, 0.29) is 5.91 Å². The van der Waals surface area contributed by atoms with Gasteiger partial charge in [-0.3, -0.25) is 9.78 Å². The van der Waals surface area contributed by atoms with Crippen molar-refractivity contribution in [3.8, 4) is 16.3 Å². The quantitative estimate of drug-likeness (QED) is 0.576. The Morgan fingerprint density at radius 1 is 1.12 bits per heavy atom. The second-order valence-corrected chi connectivity index (χ2v) is 6.47. The number of aromatic nitrogens is 2. The number of fused-ring (bicyclic) bond motifs is 1. The minimum absolute atomic E-state index is 0.274. The van der Waals surface area contributed by atoms with E-state index in [1.807, 2.05) is 48.5 Å². The predicted octanol–water partition coefficient (Wildman–Crippen LogP) is 4.62. The van der Waals surface area contributed by atoms with E-state index in [1.165, 1.54) is 11.3 Å². The number of methoxy groups -OCH3 is 1. The van der Waals surface area contributed by atoms with Gasteiger partial charge in [-0.05, 0) is 12.1 Å². The van der Waals surface area contributed by atoms with Crippen LogP contribution in [0.25, 0.3) is 21.5 Å². The molecule has 0 aliphatic rings. The molecule has 2 aromatic carbocycles. The highest BCUT2D eigenvalue weighted by Gasteiger charge is 2.14. The van der Waals surface area contributed by atoms with E-state index < -0.39 is 0 Å². The van der Waals surface area contributed by atoms with Crippen molar-refractivity contribution in [2.75, 3.05) is 12.4 Å². The maximum absolute atomic E-state index is 12.7. The SMILES string of the molecule is COc1cc(NC(=O)c2csc(-c3ccccc3)n2)c2ncccc2c1. The zero-order chi connectivity index (χ0) is 17.9. The highest BCUT2D eigenvalue weighted by atomic mass is 32.1. The Bertz CT molecular complexity index is 1080. The summed E-state index contributed by atoms with van der Waals surface area (Å²) < 4.78 is 5.32. The molecule has 2 heterocycles. The van der Waals surface area contributed by atoms with Gasteiger partial charge in [-0.1, -0.05) is 36.4 Å². The van der Waals surface area contributed by atoms with Gasteiger partial charge in [0.25, 0.3) is 5.91 Å². The Labute approximate surface area is 154 Å². The summed E-state index contributed by atoms with van der Waals surface area (Å²) in [6.07, 6.45) is 1.70. The zero-order valence-corrected chi connectivity index (χ0v) is 14.8. The molecule has 5 nitrogen and oxygen atoms in total. The number of rotatable bonds is 4. The van der Waals surface area contributed by atoms with Crippen molar-refractivity contribution in [1.29, 1.82) is 0 Å². The van der Waals surface area contributed by atoms with Gasteiger partial charge < -0.3 is 10.1 Å². The molecular formula is C20H15N3O2S. The molecule has 6 heteroatoms. The lowest BCUT2D eigenvalue weighted by molar-refractivity contribution is 0.102. The van der Waals surface area contributed by atoms with Crippen LogP contribution < -0.4 is 10.1 Å². The van der Waals surface area contributed by atoms with E-state index in [4.69, 9.17) is 4.74 Å². The van der Waals surface area contributed by atoms with E-state index >= 15 is 0 Å². The number of thiazole rings is 1. The van der Waals surface area contributed by atoms with Crippen LogP contribution in [0.3, 0.4) is 0 Å². The van der Waals surface area contributed by atoms with Crippen molar-refractivity contribution in [3.63, 3.8) is 0 Å². The van der Waals surface area contributed by atoms with Gasteiger partial charge in [-0.2, -0.15) is 0 Å². The highest BCUT2D eigenvalue weighted by molar-refractivity contribution is 7.13. The number of amides is 1. The third-order valence-corrected chi connectivity index (χ3v) is 4.81. The first-order valence-electron chi connectivity index (χ1n) is 7.99. The van der Waals surface area contributed by atoms with Crippen LogP contribution in [0.4, 0.5) is 5.69 Å². The van der Waals surface area contributed by atoms with E-state index in [0.29, 0.717) is 22.6 Å². The minimum Gasteiger partial charge on any atom is -0.497 e. The average molecular weight is 361 g/mol. The first kappa shape index (κ1) is 16.2. The summed E-state index contributed by atoms with van der Waals surface area (Å²) in [5.74, 6) is 0.382. The Morgan fingerprint density at radius 2 is 1.96 bits per heavy atom. The van der Waals surface area contributed by atoms with Gasteiger partial charge in [0.15, 0.2) is 0 Å². The Hall–Kier alpha value is -3.25. The van der Waals surface area contributed by atoms with Gasteiger partial charge in [0.1, 0.15) is 16.5 Å². The number of anilines is 1. The summed E-state index contributed by atoms with van der Waals surface area (Å²) >= 11 is 1.44. The summed E-state index contributed by atoms with van der Waals surface area (Å²) in [4.78, 5) is 21.5. The lowest BCUT2D eigenvalue weighted by Gasteiger charge is -2.09. The normalized spacial score (nSPS) is 10.7. The molecule has 4 rings (SSSR count). The predicted molar refractivity (Wildman–Crippen MR) is 104 cm³/mol. The molecule has 2 aromatic heterocycles. The lowest BCUT2D eigenvalue weighted by Crippen LogP contribution is -2.13. The molecule has 1 amide bonds. The van der Waals surface area contributed by atoms with Crippen LogP contribution in [-0.4, -0.2) is 23.0 Å². The van der Waals surface area contributed by atoms with Crippen molar-refractivity contribution < 1.29 is 9.53 Å². The molecule has 4 aromatic rings. The molecule has 0 aliphatic heterocycles. The van der Waals surface area contributed by atoms with Crippen LogP contribution in [0.1, 0.15) is 10.5 Å². The summed E-state index contributed by atoms with van der Waals surface area (Å²) in [5.41, 5.74) is 2.67. The Balaban J connectivity index is 1.65. The number of hydrogen-bond acceptors (Lipinski definition) is 5. The monoisotopic (exact) mass is 361 g/mol. The van der Waals surface area contributed by atoms with Crippen LogP contribution >= 0.6 is 11.3 Å². The molecule has 0 radical (unpaired) electrons. The molecule has 0 unspecified atom stereocenters. The molecule has 0 atom stereocenters. The smallest absolute Gasteiger partial charge is 0.275 e. The van der Waals surface area contributed by atoms with Crippen molar-refractivity contribution in [1.82, 2.24) is 9.97 Å². The first-order chi connectivity index (χ1) is 12.7. The van der Waals surface area contributed by atoms with Gasteiger partial charge in [-0.15, -0.1) is 11.3 Å². The fourth-order valence-corrected chi connectivity index (χ4v) is 3.46. The van der Waals surface area contributed by atoms with Crippen molar-refractivity contribution >= 4 is 33.8 Å². The fraction of sp³-hybridized carbons (Fsp3) is 0.0500. The van der Waals surface area contributed by atoms with Crippen LogP contribution in [-0.2, 0) is 0 Å². The third kappa shape index (κ3) is 3.14. The highest BCUT2D eigenvalue weighted by Crippen LogP contribution is 2.29. The topological polar surface area (TPSA) is 64.1 Å². The first-order valence-corrected chi connectivity index (χ1v) is 8.87. The second kappa shape index (κ2) is 6.93. The largest absolute Gasteiger partial charge is 0.497 e. The van der Waals surface area contributed by atoms with Crippen LogP contribution in [0.5, 0.6) is 5.75 Å². The molecule has 1 N–H and O–H groups in total. The average Bonchev–Trinajstić information content (AvgIpc) is 3.19. The maximum Gasteiger partial charge on any atom is 0.275 e. The van der Waals surface area contributed by atoms with Gasteiger partial charge >= 0.3 is 0 Å².